The Bertz CT molecular complexity index is 976. The van der Waals surface area contributed by atoms with Gasteiger partial charge in [-0.25, -0.2) is 9.97 Å². The summed E-state index contributed by atoms with van der Waals surface area (Å²) in [7, 11) is 0. The molecule has 1 N–H and O–H groups in total. The van der Waals surface area contributed by atoms with Gasteiger partial charge in [0.25, 0.3) is 5.91 Å². The quantitative estimate of drug-likeness (QED) is 0.629. The number of benzene rings is 1. The van der Waals surface area contributed by atoms with Crippen molar-refractivity contribution in [1.82, 2.24) is 19.6 Å². The minimum Gasteiger partial charge on any atom is -0.306 e. The predicted octanol–water partition coefficient (Wildman–Crippen LogP) is 3.11. The third-order valence-corrected chi connectivity index (χ3v) is 4.33. The van der Waals surface area contributed by atoms with Crippen LogP contribution in [0.15, 0.2) is 61.1 Å². The lowest BCUT2D eigenvalue weighted by atomic mass is 10.2. The highest BCUT2D eigenvalue weighted by molar-refractivity contribution is 7.17. The van der Waals surface area contributed by atoms with Gasteiger partial charge in [-0.3, -0.25) is 4.79 Å². The van der Waals surface area contributed by atoms with Crippen molar-refractivity contribution < 1.29 is 4.79 Å². The van der Waals surface area contributed by atoms with Gasteiger partial charge in [-0.05, 0) is 6.07 Å². The first-order valence-corrected chi connectivity index (χ1v) is 7.74. The molecule has 6 nitrogen and oxygen atoms in total. The Morgan fingerprint density at radius 1 is 1.04 bits per heavy atom. The van der Waals surface area contributed by atoms with Crippen molar-refractivity contribution in [3.05, 3.63) is 65.9 Å². The van der Waals surface area contributed by atoms with Crippen LogP contribution < -0.4 is 5.32 Å². The topological polar surface area (TPSA) is 72.2 Å². The molecule has 0 saturated carbocycles. The van der Waals surface area contributed by atoms with E-state index in [9.17, 15) is 4.79 Å². The highest BCUT2D eigenvalue weighted by Gasteiger charge is 2.13. The number of fused-ring (bicyclic) bond motifs is 1. The Labute approximate surface area is 135 Å². The van der Waals surface area contributed by atoms with E-state index in [2.05, 4.69) is 20.4 Å². The van der Waals surface area contributed by atoms with Crippen molar-refractivity contribution >= 4 is 28.7 Å². The van der Waals surface area contributed by atoms with Crippen molar-refractivity contribution in [3.63, 3.8) is 0 Å². The summed E-state index contributed by atoms with van der Waals surface area (Å²) < 4.78 is 1.58. The number of amides is 1. The number of nitrogens with one attached hydrogen (secondary N) is 1. The highest BCUT2D eigenvalue weighted by atomic mass is 32.1. The first-order valence-electron chi connectivity index (χ1n) is 6.92. The first kappa shape index (κ1) is 13.6. The third kappa shape index (κ3) is 2.58. The van der Waals surface area contributed by atoms with Crippen LogP contribution in [0.25, 0.3) is 16.2 Å². The van der Waals surface area contributed by atoms with E-state index in [0.717, 1.165) is 10.6 Å². The number of anilines is 1. The SMILES string of the molecule is O=C(Nc1ccnc2ccnn12)c1cnc(-c2ccccc2)s1. The van der Waals surface area contributed by atoms with Gasteiger partial charge in [-0.2, -0.15) is 9.61 Å². The summed E-state index contributed by atoms with van der Waals surface area (Å²) in [4.78, 5) is 21.5. The molecule has 112 valence electrons. The average Bonchev–Trinajstić information content (AvgIpc) is 3.25. The van der Waals surface area contributed by atoms with Gasteiger partial charge in [0.2, 0.25) is 0 Å². The zero-order chi connectivity index (χ0) is 15.6. The molecule has 0 atom stereocenters. The smallest absolute Gasteiger partial charge is 0.268 e. The molecule has 0 aliphatic rings. The van der Waals surface area contributed by atoms with E-state index in [0.29, 0.717) is 16.3 Å². The molecule has 3 aromatic heterocycles. The molecule has 7 heteroatoms. The number of aromatic nitrogens is 4. The fourth-order valence-electron chi connectivity index (χ4n) is 2.20. The molecule has 1 aromatic carbocycles. The van der Waals surface area contributed by atoms with Crippen LogP contribution >= 0.6 is 11.3 Å². The van der Waals surface area contributed by atoms with Gasteiger partial charge in [0.05, 0.1) is 12.4 Å². The van der Waals surface area contributed by atoms with Gasteiger partial charge in [0.15, 0.2) is 5.65 Å². The molecule has 0 aliphatic heterocycles. The predicted molar refractivity (Wildman–Crippen MR) is 88.5 cm³/mol. The van der Waals surface area contributed by atoms with Crippen LogP contribution in [0.4, 0.5) is 5.82 Å². The van der Waals surface area contributed by atoms with E-state index in [1.807, 2.05) is 30.3 Å². The lowest BCUT2D eigenvalue weighted by Crippen LogP contribution is -2.13. The van der Waals surface area contributed by atoms with E-state index in [4.69, 9.17) is 0 Å². The standard InChI is InChI=1S/C16H11N5OS/c22-15(20-14-6-8-17-13-7-9-19-21(13)14)12-10-18-16(23-12)11-4-2-1-3-5-11/h1-10H,(H,20,22). The van der Waals surface area contributed by atoms with E-state index in [1.165, 1.54) is 11.3 Å². The maximum absolute atomic E-state index is 12.4. The highest BCUT2D eigenvalue weighted by Crippen LogP contribution is 2.25. The zero-order valence-electron chi connectivity index (χ0n) is 11.9. The summed E-state index contributed by atoms with van der Waals surface area (Å²) in [5.74, 6) is 0.354. The van der Waals surface area contributed by atoms with Crippen molar-refractivity contribution in [2.75, 3.05) is 5.32 Å². The van der Waals surface area contributed by atoms with Gasteiger partial charge >= 0.3 is 0 Å². The third-order valence-electron chi connectivity index (χ3n) is 3.28. The second-order valence-corrected chi connectivity index (χ2v) is 5.81. The zero-order valence-corrected chi connectivity index (χ0v) is 12.7. The molecule has 23 heavy (non-hydrogen) atoms. The average molecular weight is 321 g/mol. The summed E-state index contributed by atoms with van der Waals surface area (Å²) >= 11 is 1.35. The van der Waals surface area contributed by atoms with Crippen LogP contribution in [-0.4, -0.2) is 25.5 Å². The monoisotopic (exact) mass is 321 g/mol. The molecule has 0 bridgehead atoms. The van der Waals surface area contributed by atoms with E-state index in [1.54, 1.807) is 35.2 Å². The Morgan fingerprint density at radius 2 is 1.91 bits per heavy atom. The van der Waals surface area contributed by atoms with Crippen LogP contribution in [0.2, 0.25) is 0 Å². The maximum Gasteiger partial charge on any atom is 0.268 e. The van der Waals surface area contributed by atoms with E-state index >= 15 is 0 Å². The van der Waals surface area contributed by atoms with Crippen LogP contribution in [0.3, 0.4) is 0 Å². The molecule has 3 heterocycles. The van der Waals surface area contributed by atoms with Gasteiger partial charge in [0, 0.05) is 17.8 Å². The number of carbonyl (C=O) groups excluding carboxylic acids is 1. The fraction of sp³-hybridized carbons (Fsp3) is 0. The summed E-state index contributed by atoms with van der Waals surface area (Å²) in [6.45, 7) is 0. The van der Waals surface area contributed by atoms with Crippen molar-refractivity contribution in [3.8, 4) is 10.6 Å². The van der Waals surface area contributed by atoms with Gasteiger partial charge in [-0.15, -0.1) is 11.3 Å². The Hall–Kier alpha value is -3.06. The number of hydrogen-bond donors (Lipinski definition) is 1. The van der Waals surface area contributed by atoms with Gasteiger partial charge < -0.3 is 5.32 Å². The lowest BCUT2D eigenvalue weighted by molar-refractivity contribution is 0.102. The van der Waals surface area contributed by atoms with Gasteiger partial charge in [0.1, 0.15) is 15.7 Å². The maximum atomic E-state index is 12.4. The first-order chi connectivity index (χ1) is 11.3. The molecule has 1 amide bonds. The number of rotatable bonds is 3. The molecule has 0 aliphatic carbocycles. The van der Waals surface area contributed by atoms with Crippen molar-refractivity contribution in [2.24, 2.45) is 0 Å². The minimum absolute atomic E-state index is 0.215. The number of carbonyl (C=O) groups is 1. The molecule has 0 radical (unpaired) electrons. The number of nitrogens with zero attached hydrogens (tertiary/aromatic N) is 4. The summed E-state index contributed by atoms with van der Waals surface area (Å²) in [5, 5.41) is 7.80. The molecular weight excluding hydrogens is 310 g/mol. The van der Waals surface area contributed by atoms with Crippen LogP contribution in [0.1, 0.15) is 9.67 Å². The van der Waals surface area contributed by atoms with Crippen LogP contribution in [-0.2, 0) is 0 Å². The van der Waals surface area contributed by atoms with Crippen molar-refractivity contribution in [2.45, 2.75) is 0 Å². The minimum atomic E-state index is -0.215. The fourth-order valence-corrected chi connectivity index (χ4v) is 3.02. The van der Waals surface area contributed by atoms with Gasteiger partial charge in [-0.1, -0.05) is 30.3 Å². The largest absolute Gasteiger partial charge is 0.306 e. The second-order valence-electron chi connectivity index (χ2n) is 4.78. The van der Waals surface area contributed by atoms with Crippen LogP contribution in [0.5, 0.6) is 0 Å². The summed E-state index contributed by atoms with van der Waals surface area (Å²) in [5.41, 5.74) is 1.67. The molecule has 4 rings (SSSR count). The van der Waals surface area contributed by atoms with Crippen molar-refractivity contribution in [1.29, 1.82) is 0 Å². The lowest BCUT2D eigenvalue weighted by Gasteiger charge is -2.04. The summed E-state index contributed by atoms with van der Waals surface area (Å²) in [6, 6.07) is 13.3. The molecule has 0 unspecified atom stereocenters. The second kappa shape index (κ2) is 5.62. The molecule has 4 aromatic rings. The normalized spacial score (nSPS) is 10.8. The number of hydrogen-bond acceptors (Lipinski definition) is 5. The summed E-state index contributed by atoms with van der Waals surface area (Å²) in [6.07, 6.45) is 4.86. The Kier molecular flexibility index (Phi) is 3.32. The van der Waals surface area contributed by atoms with E-state index < -0.39 is 0 Å². The molecule has 0 spiro atoms. The number of thiazole rings is 1. The van der Waals surface area contributed by atoms with E-state index in [-0.39, 0.29) is 5.91 Å². The molecule has 0 fully saturated rings. The Balaban J connectivity index is 1.60. The van der Waals surface area contributed by atoms with Crippen LogP contribution in [0, 0.1) is 0 Å². The molecular formula is C16H11N5OS. The Morgan fingerprint density at radius 3 is 2.78 bits per heavy atom. The molecule has 0 saturated heterocycles.